The van der Waals surface area contributed by atoms with Crippen molar-refractivity contribution in [3.05, 3.63) is 59.7 Å². The van der Waals surface area contributed by atoms with Gasteiger partial charge in [-0.15, -0.1) is 0 Å². The Labute approximate surface area is 303 Å². The minimum absolute atomic E-state index is 0.0290. The van der Waals surface area contributed by atoms with E-state index in [1.807, 2.05) is 38.1 Å². The Kier molecular flexibility index (Phi) is 15.9. The fourth-order valence-electron chi connectivity index (χ4n) is 6.27. The van der Waals surface area contributed by atoms with Gasteiger partial charge in [-0.3, -0.25) is 9.59 Å². The normalized spacial score (nSPS) is 21.7. The molecule has 1 atom stereocenters. The molecule has 1 aliphatic carbocycles. The number of hydrogen-bond donors (Lipinski definition) is 3. The minimum atomic E-state index is -0.907. The number of Topliss-reactive ketones (excluding diaryl/α,β-unsaturated/α-hetero) is 1. The molecule has 3 aliphatic rings. The lowest BCUT2D eigenvalue weighted by Crippen LogP contribution is -2.52. The number of amides is 2. The number of benzene rings is 2. The minimum Gasteiger partial charge on any atom is -0.449 e. The van der Waals surface area contributed by atoms with Crippen molar-refractivity contribution >= 4 is 17.8 Å². The average Bonchev–Trinajstić information content (AvgIpc) is 3.44. The van der Waals surface area contributed by atoms with Crippen LogP contribution >= 0.6 is 0 Å². The molecule has 11 nitrogen and oxygen atoms in total. The van der Waals surface area contributed by atoms with E-state index in [-0.39, 0.29) is 61.0 Å². The SMILES string of the molecule is CC(C)C.CC(C)C(=O)CCC(NC(=O)OCC1c2ccccc2-c2ccccc21)C(=O)NCCCC1OCC2(COC(CCCN)OC2)CO1. The van der Waals surface area contributed by atoms with Gasteiger partial charge < -0.3 is 40.1 Å². The van der Waals surface area contributed by atoms with Gasteiger partial charge in [-0.1, -0.05) is 83.1 Å². The molecule has 0 aromatic heterocycles. The molecule has 2 heterocycles. The van der Waals surface area contributed by atoms with E-state index in [0.29, 0.717) is 52.4 Å². The van der Waals surface area contributed by atoms with Gasteiger partial charge in [0.25, 0.3) is 0 Å². The molecular formula is C40H59N3O8. The fourth-order valence-corrected chi connectivity index (χ4v) is 6.27. The molecule has 2 fully saturated rings. The number of fused-ring (bicyclic) bond motifs is 3. The molecule has 282 valence electrons. The summed E-state index contributed by atoms with van der Waals surface area (Å²) in [6, 6.07) is 15.3. The van der Waals surface area contributed by atoms with Crippen molar-refractivity contribution in [2.45, 2.75) is 97.7 Å². The Morgan fingerprint density at radius 3 is 1.84 bits per heavy atom. The van der Waals surface area contributed by atoms with Gasteiger partial charge in [0, 0.05) is 31.2 Å². The Morgan fingerprint density at radius 1 is 0.824 bits per heavy atom. The molecule has 2 aliphatic heterocycles. The highest BCUT2D eigenvalue weighted by Crippen LogP contribution is 2.44. The number of ether oxygens (including phenoxy) is 5. The fraction of sp³-hybridized carbons (Fsp3) is 0.625. The van der Waals surface area contributed by atoms with Crippen LogP contribution in [0.3, 0.4) is 0 Å². The van der Waals surface area contributed by atoms with Crippen molar-refractivity contribution in [3.63, 3.8) is 0 Å². The molecule has 4 N–H and O–H groups in total. The summed E-state index contributed by atoms with van der Waals surface area (Å²) in [7, 11) is 0. The third-order valence-electron chi connectivity index (χ3n) is 9.14. The van der Waals surface area contributed by atoms with Crippen LogP contribution in [0.25, 0.3) is 11.1 Å². The molecule has 1 unspecified atom stereocenters. The van der Waals surface area contributed by atoms with E-state index >= 15 is 0 Å². The lowest BCUT2D eigenvalue weighted by molar-refractivity contribution is -0.304. The molecule has 0 bridgehead atoms. The molecule has 2 aromatic carbocycles. The molecule has 51 heavy (non-hydrogen) atoms. The lowest BCUT2D eigenvalue weighted by atomic mass is 9.90. The monoisotopic (exact) mass is 709 g/mol. The third-order valence-corrected chi connectivity index (χ3v) is 9.14. The van der Waals surface area contributed by atoms with Crippen LogP contribution in [-0.2, 0) is 33.3 Å². The number of nitrogens with one attached hydrogen (secondary N) is 2. The summed E-state index contributed by atoms with van der Waals surface area (Å²) < 4.78 is 29.3. The van der Waals surface area contributed by atoms with Crippen LogP contribution in [0.15, 0.2) is 48.5 Å². The van der Waals surface area contributed by atoms with Crippen LogP contribution in [0.5, 0.6) is 0 Å². The average molecular weight is 710 g/mol. The first-order chi connectivity index (χ1) is 24.5. The van der Waals surface area contributed by atoms with Crippen molar-refractivity contribution in [2.75, 3.05) is 46.1 Å². The second-order valence-corrected chi connectivity index (χ2v) is 14.9. The van der Waals surface area contributed by atoms with E-state index in [1.165, 1.54) is 0 Å². The van der Waals surface area contributed by atoms with Gasteiger partial charge in [-0.25, -0.2) is 4.79 Å². The maximum Gasteiger partial charge on any atom is 0.407 e. The Hall–Kier alpha value is -3.35. The first-order valence-corrected chi connectivity index (χ1v) is 18.6. The van der Waals surface area contributed by atoms with Crippen LogP contribution < -0.4 is 16.4 Å². The number of carbonyl (C=O) groups excluding carboxylic acids is 3. The van der Waals surface area contributed by atoms with E-state index in [4.69, 9.17) is 29.4 Å². The van der Waals surface area contributed by atoms with Gasteiger partial charge in [0.15, 0.2) is 12.6 Å². The number of ketones is 1. The molecule has 2 amide bonds. The summed E-state index contributed by atoms with van der Waals surface area (Å²) in [5.41, 5.74) is 9.74. The Morgan fingerprint density at radius 2 is 1.33 bits per heavy atom. The van der Waals surface area contributed by atoms with E-state index in [1.54, 1.807) is 0 Å². The summed E-state index contributed by atoms with van der Waals surface area (Å²) in [4.78, 5) is 38.6. The maximum atomic E-state index is 13.2. The summed E-state index contributed by atoms with van der Waals surface area (Å²) in [6.45, 7) is 13.2. The molecular weight excluding hydrogens is 650 g/mol. The third kappa shape index (κ3) is 12.1. The number of alkyl carbamates (subject to hydrolysis) is 1. The zero-order valence-corrected chi connectivity index (χ0v) is 31.1. The number of hydrogen-bond acceptors (Lipinski definition) is 9. The summed E-state index contributed by atoms with van der Waals surface area (Å²) in [5, 5.41) is 5.62. The van der Waals surface area contributed by atoms with Crippen molar-refractivity contribution in [2.24, 2.45) is 23.0 Å². The van der Waals surface area contributed by atoms with Crippen LogP contribution in [0, 0.1) is 17.3 Å². The first kappa shape index (κ1) is 40.4. The molecule has 0 saturated carbocycles. The summed E-state index contributed by atoms with van der Waals surface area (Å²) in [5.74, 6) is 0.243. The van der Waals surface area contributed by atoms with Crippen LogP contribution in [0.2, 0.25) is 0 Å². The van der Waals surface area contributed by atoms with Crippen molar-refractivity contribution < 1.29 is 38.1 Å². The zero-order chi connectivity index (χ0) is 36.8. The van der Waals surface area contributed by atoms with Crippen molar-refractivity contribution in [3.8, 4) is 11.1 Å². The van der Waals surface area contributed by atoms with Crippen LogP contribution in [0.1, 0.15) is 90.2 Å². The van der Waals surface area contributed by atoms with Crippen molar-refractivity contribution in [1.29, 1.82) is 0 Å². The van der Waals surface area contributed by atoms with E-state index in [2.05, 4.69) is 55.7 Å². The largest absolute Gasteiger partial charge is 0.449 e. The van der Waals surface area contributed by atoms with E-state index in [0.717, 1.165) is 41.0 Å². The predicted molar refractivity (Wildman–Crippen MR) is 196 cm³/mol. The van der Waals surface area contributed by atoms with E-state index in [9.17, 15) is 14.4 Å². The highest BCUT2D eigenvalue weighted by Gasteiger charge is 2.41. The number of rotatable bonds is 15. The molecule has 2 aromatic rings. The van der Waals surface area contributed by atoms with Gasteiger partial charge in [0.05, 0.1) is 31.8 Å². The molecule has 11 heteroatoms. The second-order valence-electron chi connectivity index (χ2n) is 14.9. The smallest absolute Gasteiger partial charge is 0.407 e. The highest BCUT2D eigenvalue weighted by molar-refractivity contribution is 5.87. The van der Waals surface area contributed by atoms with Gasteiger partial charge in [-0.05, 0) is 60.4 Å². The van der Waals surface area contributed by atoms with Crippen LogP contribution in [0.4, 0.5) is 4.79 Å². The molecule has 5 rings (SSSR count). The van der Waals surface area contributed by atoms with Gasteiger partial charge in [0.1, 0.15) is 18.4 Å². The Bertz CT molecular complexity index is 1350. The zero-order valence-electron chi connectivity index (χ0n) is 31.1. The van der Waals surface area contributed by atoms with Crippen LogP contribution in [-0.4, -0.2) is 82.5 Å². The van der Waals surface area contributed by atoms with Gasteiger partial charge in [0.2, 0.25) is 5.91 Å². The maximum absolute atomic E-state index is 13.2. The molecule has 1 spiro atoms. The molecule has 2 saturated heterocycles. The summed E-state index contributed by atoms with van der Waals surface area (Å²) >= 11 is 0. The number of nitrogens with two attached hydrogens (primary N) is 1. The van der Waals surface area contributed by atoms with Gasteiger partial charge >= 0.3 is 6.09 Å². The quantitative estimate of drug-likeness (QED) is 0.192. The Balaban J connectivity index is 0.00000138. The lowest BCUT2D eigenvalue weighted by Gasteiger charge is -2.43. The predicted octanol–water partition coefficient (Wildman–Crippen LogP) is 5.93. The first-order valence-electron chi connectivity index (χ1n) is 18.6. The summed E-state index contributed by atoms with van der Waals surface area (Å²) in [6.07, 6.45) is 1.89. The second kappa shape index (κ2) is 20.0. The number of carbonyl (C=O) groups is 3. The van der Waals surface area contributed by atoms with E-state index < -0.39 is 12.1 Å². The molecule has 0 radical (unpaired) electrons. The standard InChI is InChI=1S/C36H49N3O8.C4H10/c1-24(2)31(40)16-15-30(39-35(42)43-19-29-27-11-5-3-9-25(27)26-10-4-6-12-28(26)29)34(41)38-18-8-14-33-46-22-36(23-47-33)20-44-32(45-21-36)13-7-17-37;1-4(2)3/h3-6,9-12,24,29-30,32-33H,7-8,13-23,37H2,1-2H3,(H,38,41)(H,39,42);4H,1-3H3. The highest BCUT2D eigenvalue weighted by atomic mass is 16.7. The van der Waals surface area contributed by atoms with Crippen molar-refractivity contribution in [1.82, 2.24) is 10.6 Å². The topological polar surface area (TPSA) is 147 Å². The van der Waals surface area contributed by atoms with Gasteiger partial charge in [-0.2, -0.15) is 0 Å².